The van der Waals surface area contributed by atoms with Crippen LogP contribution in [0.4, 0.5) is 0 Å². The second-order valence-corrected chi connectivity index (χ2v) is 4.04. The van der Waals surface area contributed by atoms with Crippen molar-refractivity contribution in [1.82, 2.24) is 14.3 Å². The number of carbonyl (C=O) groups is 1. The van der Waals surface area contributed by atoms with E-state index in [1.165, 1.54) is 0 Å². The molecule has 0 aromatic carbocycles. The zero-order valence-corrected chi connectivity index (χ0v) is 10.4. The Kier molecular flexibility index (Phi) is 4.93. The number of unbranched alkanes of at least 4 members (excludes halogenated alkanes) is 2. The van der Waals surface area contributed by atoms with Crippen LogP contribution in [0.1, 0.15) is 50.7 Å². The molecule has 0 radical (unpaired) electrons. The first kappa shape index (κ1) is 13.5. The number of carbonyl (C=O) groups excluding carboxylic acids is 1. The van der Waals surface area contributed by atoms with Gasteiger partial charge < -0.3 is 0 Å². The van der Waals surface area contributed by atoms with Gasteiger partial charge >= 0.3 is 11.4 Å². The second-order valence-electron chi connectivity index (χ2n) is 4.04. The lowest BCUT2D eigenvalue weighted by molar-refractivity contribution is 0.0878. The van der Waals surface area contributed by atoms with Gasteiger partial charge in [-0.15, -0.1) is 0 Å². The van der Waals surface area contributed by atoms with Crippen molar-refractivity contribution in [3.8, 4) is 0 Å². The van der Waals surface area contributed by atoms with Crippen molar-refractivity contribution in [3.05, 3.63) is 21.0 Å². The molecule has 0 unspecified atom stereocenters. The van der Waals surface area contributed by atoms with Gasteiger partial charge in [-0.2, -0.15) is 4.68 Å². The van der Waals surface area contributed by atoms with E-state index in [1.807, 2.05) is 13.8 Å². The maximum Gasteiger partial charge on any atom is 0.354 e. The van der Waals surface area contributed by atoms with E-state index in [9.17, 15) is 14.4 Å². The molecule has 6 nitrogen and oxygen atoms in total. The third kappa shape index (κ3) is 3.18. The molecule has 96 valence electrons. The van der Waals surface area contributed by atoms with Crippen molar-refractivity contribution >= 4 is 5.91 Å². The highest BCUT2D eigenvalue weighted by Gasteiger charge is 2.13. The van der Waals surface area contributed by atoms with E-state index in [1.54, 1.807) is 0 Å². The zero-order chi connectivity index (χ0) is 12.8. The Morgan fingerprint density at radius 2 is 1.82 bits per heavy atom. The van der Waals surface area contributed by atoms with Crippen molar-refractivity contribution in [1.29, 1.82) is 0 Å². The van der Waals surface area contributed by atoms with E-state index in [0.29, 0.717) is 13.0 Å². The van der Waals surface area contributed by atoms with E-state index in [2.05, 4.69) is 5.10 Å². The first-order chi connectivity index (χ1) is 8.11. The van der Waals surface area contributed by atoms with E-state index in [4.69, 9.17) is 0 Å². The highest BCUT2D eigenvalue weighted by Crippen LogP contribution is 1.95. The summed E-state index contributed by atoms with van der Waals surface area (Å²) in [4.78, 5) is 34.9. The average molecular weight is 241 g/mol. The highest BCUT2D eigenvalue weighted by atomic mass is 16.2. The molecule has 6 heteroatoms. The zero-order valence-electron chi connectivity index (χ0n) is 10.4. The van der Waals surface area contributed by atoms with Gasteiger partial charge in [-0.1, -0.05) is 26.7 Å². The molecule has 1 aromatic rings. The molecule has 0 atom stereocenters. The molecule has 0 fully saturated rings. The number of hydrogen-bond acceptors (Lipinski definition) is 3. The average Bonchev–Trinajstić information content (AvgIpc) is 2.60. The Balaban J connectivity index is 2.92. The van der Waals surface area contributed by atoms with E-state index < -0.39 is 11.4 Å². The van der Waals surface area contributed by atoms with Crippen LogP contribution in [-0.4, -0.2) is 20.3 Å². The quantitative estimate of drug-likeness (QED) is 0.806. The number of aromatic nitrogens is 3. The molecule has 17 heavy (non-hydrogen) atoms. The highest BCUT2D eigenvalue weighted by molar-refractivity contribution is 5.77. The summed E-state index contributed by atoms with van der Waals surface area (Å²) in [7, 11) is 0. The van der Waals surface area contributed by atoms with Gasteiger partial charge in [0.05, 0.1) is 0 Å². The summed E-state index contributed by atoms with van der Waals surface area (Å²) in [6.07, 6.45) is 3.51. The maximum absolute atomic E-state index is 11.8. The summed E-state index contributed by atoms with van der Waals surface area (Å²) in [5, 5.41) is 2.29. The van der Waals surface area contributed by atoms with E-state index >= 15 is 0 Å². The van der Waals surface area contributed by atoms with Gasteiger partial charge in [0.15, 0.2) is 0 Å². The minimum Gasteiger partial charge on any atom is -0.272 e. The van der Waals surface area contributed by atoms with Crippen LogP contribution in [0.2, 0.25) is 0 Å². The van der Waals surface area contributed by atoms with E-state index in [0.717, 1.165) is 28.5 Å². The molecule has 0 aliphatic heterocycles. The number of rotatable bonds is 6. The molecule has 0 aliphatic carbocycles. The largest absolute Gasteiger partial charge is 0.354 e. The number of aromatic amines is 1. The topological polar surface area (TPSA) is 76.9 Å². The Hall–Kier alpha value is -1.59. The third-order valence-corrected chi connectivity index (χ3v) is 2.60. The third-order valence-electron chi connectivity index (χ3n) is 2.60. The van der Waals surface area contributed by atoms with Crippen LogP contribution in [0.3, 0.4) is 0 Å². The van der Waals surface area contributed by atoms with Crippen LogP contribution < -0.4 is 11.4 Å². The summed E-state index contributed by atoms with van der Waals surface area (Å²) >= 11 is 0. The fourth-order valence-corrected chi connectivity index (χ4v) is 1.53. The Morgan fingerprint density at radius 3 is 2.41 bits per heavy atom. The van der Waals surface area contributed by atoms with Crippen molar-refractivity contribution in [2.24, 2.45) is 0 Å². The molecule has 0 amide bonds. The van der Waals surface area contributed by atoms with Gasteiger partial charge in [-0.3, -0.25) is 4.79 Å². The summed E-state index contributed by atoms with van der Waals surface area (Å²) < 4.78 is 1.90. The van der Waals surface area contributed by atoms with Crippen LogP contribution in [0, 0.1) is 0 Å². The fourth-order valence-electron chi connectivity index (χ4n) is 1.53. The standard InChI is InChI=1S/C11H19N3O3/c1-3-5-7-9(15)14-11(17)13(8-6-4-2)10(16)12-14/h3-8H2,1-2H3,(H,12,16). The van der Waals surface area contributed by atoms with Crippen molar-refractivity contribution < 1.29 is 4.79 Å². The normalized spacial score (nSPS) is 10.7. The fraction of sp³-hybridized carbons (Fsp3) is 0.727. The monoisotopic (exact) mass is 241 g/mol. The smallest absolute Gasteiger partial charge is 0.272 e. The molecule has 0 bridgehead atoms. The molecule has 1 heterocycles. The van der Waals surface area contributed by atoms with Gasteiger partial charge in [0.2, 0.25) is 5.91 Å². The summed E-state index contributed by atoms with van der Waals surface area (Å²) in [5.74, 6) is -0.343. The van der Waals surface area contributed by atoms with Crippen LogP contribution in [0.15, 0.2) is 9.59 Å². The van der Waals surface area contributed by atoms with Gasteiger partial charge in [-0.05, 0) is 12.8 Å². The number of hydrogen-bond donors (Lipinski definition) is 1. The van der Waals surface area contributed by atoms with Crippen LogP contribution >= 0.6 is 0 Å². The lowest BCUT2D eigenvalue weighted by Crippen LogP contribution is -2.31. The molecular weight excluding hydrogens is 222 g/mol. The molecule has 0 saturated heterocycles. The number of H-pyrrole nitrogens is 1. The van der Waals surface area contributed by atoms with E-state index in [-0.39, 0.29) is 12.3 Å². The summed E-state index contributed by atoms with van der Waals surface area (Å²) in [6, 6.07) is 0. The van der Waals surface area contributed by atoms with Gasteiger partial charge in [0.25, 0.3) is 0 Å². The Morgan fingerprint density at radius 1 is 1.18 bits per heavy atom. The first-order valence-electron chi connectivity index (χ1n) is 6.06. The molecule has 1 N–H and O–H groups in total. The van der Waals surface area contributed by atoms with Gasteiger partial charge in [0, 0.05) is 13.0 Å². The lowest BCUT2D eigenvalue weighted by Gasteiger charge is -1.98. The lowest BCUT2D eigenvalue weighted by atomic mass is 10.2. The molecule has 0 spiro atoms. The number of nitrogens with one attached hydrogen (secondary N) is 1. The minimum atomic E-state index is -0.551. The van der Waals surface area contributed by atoms with Crippen molar-refractivity contribution in [2.75, 3.05) is 0 Å². The Bertz CT molecular complexity index is 481. The first-order valence-corrected chi connectivity index (χ1v) is 6.06. The minimum absolute atomic E-state index is 0.282. The van der Waals surface area contributed by atoms with Crippen molar-refractivity contribution in [2.45, 2.75) is 52.5 Å². The number of nitrogens with zero attached hydrogens (tertiary/aromatic N) is 2. The van der Waals surface area contributed by atoms with Gasteiger partial charge in [0.1, 0.15) is 0 Å². The molecule has 0 aliphatic rings. The molecular formula is C11H19N3O3. The SMILES string of the molecule is CCCCC(=O)n1[nH]c(=O)n(CCCC)c1=O. The molecule has 1 aromatic heterocycles. The predicted molar refractivity (Wildman–Crippen MR) is 64.4 cm³/mol. The van der Waals surface area contributed by atoms with Crippen LogP contribution in [0.25, 0.3) is 0 Å². The second kappa shape index (κ2) is 6.22. The summed E-state index contributed by atoms with van der Waals surface area (Å²) in [6.45, 7) is 4.30. The molecule has 0 saturated carbocycles. The predicted octanol–water partition coefficient (Wildman–Crippen LogP) is 0.969. The summed E-state index contributed by atoms with van der Waals surface area (Å²) in [5.41, 5.74) is -1.06. The Labute approximate surface area is 99.2 Å². The molecule has 1 rings (SSSR count). The maximum atomic E-state index is 11.8. The van der Waals surface area contributed by atoms with Gasteiger partial charge in [-0.25, -0.2) is 19.3 Å². The van der Waals surface area contributed by atoms with Crippen LogP contribution in [0.5, 0.6) is 0 Å². The van der Waals surface area contributed by atoms with Crippen LogP contribution in [-0.2, 0) is 6.54 Å². The van der Waals surface area contributed by atoms with Crippen molar-refractivity contribution in [3.63, 3.8) is 0 Å².